The first kappa shape index (κ1) is 22.7. The summed E-state index contributed by atoms with van der Waals surface area (Å²) in [7, 11) is -0.862. The van der Waals surface area contributed by atoms with Crippen molar-refractivity contribution in [2.75, 3.05) is 24.9 Å². The van der Waals surface area contributed by atoms with Gasteiger partial charge in [0.15, 0.2) is 0 Å². The molecule has 0 aliphatic heterocycles. The average molecular weight is 483 g/mol. The number of amides is 3. The number of nitrogens with two attached hydrogens (primary N) is 1. The molecule has 0 fully saturated rings. The molecular formula is C19H23BrN4O4S. The predicted octanol–water partition coefficient (Wildman–Crippen LogP) is 3.56. The molecule has 1 unspecified atom stereocenters. The molecule has 29 heavy (non-hydrogen) atoms. The van der Waals surface area contributed by atoms with Crippen LogP contribution in [0.5, 0.6) is 5.75 Å². The summed E-state index contributed by atoms with van der Waals surface area (Å²) in [6.07, 6.45) is 2.93. The van der Waals surface area contributed by atoms with Gasteiger partial charge in [-0.2, -0.15) is 4.36 Å². The van der Waals surface area contributed by atoms with Gasteiger partial charge in [-0.25, -0.2) is 9.00 Å². The Balaban J connectivity index is 2.25. The van der Waals surface area contributed by atoms with E-state index in [1.54, 1.807) is 49.6 Å². The summed E-state index contributed by atoms with van der Waals surface area (Å²) < 4.78 is 22.0. The summed E-state index contributed by atoms with van der Waals surface area (Å²) in [4.78, 5) is 24.1. The second-order valence-electron chi connectivity index (χ2n) is 6.51. The SMILES string of the molecule is COc1ccc(C(CC(N)=O)NC(=O)Nc2ccccc2N=S(C)(C)=O)cc1Br. The monoisotopic (exact) mass is 482 g/mol. The van der Waals surface area contributed by atoms with Crippen LogP contribution in [-0.4, -0.2) is 35.8 Å². The lowest BCUT2D eigenvalue weighted by Gasteiger charge is -2.19. The third kappa shape index (κ3) is 7.06. The summed E-state index contributed by atoms with van der Waals surface area (Å²) in [5.41, 5.74) is 6.83. The van der Waals surface area contributed by atoms with Crippen LogP contribution in [0.25, 0.3) is 0 Å². The van der Waals surface area contributed by atoms with Gasteiger partial charge in [-0.15, -0.1) is 0 Å². The third-order valence-corrected chi connectivity index (χ3v) is 5.02. The largest absolute Gasteiger partial charge is 0.496 e. The highest BCUT2D eigenvalue weighted by molar-refractivity contribution is 9.10. The van der Waals surface area contributed by atoms with Crippen LogP contribution in [0.4, 0.5) is 16.2 Å². The highest BCUT2D eigenvalue weighted by Gasteiger charge is 2.19. The first-order chi connectivity index (χ1) is 13.6. The van der Waals surface area contributed by atoms with E-state index < -0.39 is 27.7 Å². The number of para-hydroxylation sites is 1. The first-order valence-corrected chi connectivity index (χ1v) is 11.7. The Kier molecular flexibility index (Phi) is 7.63. The van der Waals surface area contributed by atoms with E-state index in [2.05, 4.69) is 30.9 Å². The van der Waals surface area contributed by atoms with Crippen LogP contribution in [0.3, 0.4) is 0 Å². The van der Waals surface area contributed by atoms with E-state index in [0.29, 0.717) is 27.2 Å². The van der Waals surface area contributed by atoms with Gasteiger partial charge in [-0.3, -0.25) is 4.79 Å². The van der Waals surface area contributed by atoms with E-state index >= 15 is 0 Å². The fourth-order valence-electron chi connectivity index (χ4n) is 2.57. The molecular weight excluding hydrogens is 460 g/mol. The van der Waals surface area contributed by atoms with Crippen molar-refractivity contribution >= 4 is 49.0 Å². The molecule has 156 valence electrons. The standard InChI is InChI=1S/C19H23BrN4O4S/c1-28-17-9-8-12(10-13(17)20)16(11-18(21)25)23-19(26)22-14-6-4-5-7-15(14)24-29(2,3)27/h4-10,16H,11H2,1-3H3,(H2,21,25)(H2,22,23,26). The molecule has 0 heterocycles. The maximum atomic E-state index is 12.6. The Bertz CT molecular complexity index is 1030. The molecule has 0 aliphatic carbocycles. The molecule has 0 spiro atoms. The van der Waals surface area contributed by atoms with E-state index in [0.717, 1.165) is 0 Å². The molecule has 0 aromatic heterocycles. The van der Waals surface area contributed by atoms with Gasteiger partial charge in [0.05, 0.1) is 35.4 Å². The van der Waals surface area contributed by atoms with Crippen molar-refractivity contribution < 1.29 is 18.5 Å². The van der Waals surface area contributed by atoms with Crippen LogP contribution in [0.1, 0.15) is 18.0 Å². The third-order valence-electron chi connectivity index (χ3n) is 3.76. The number of nitrogens with one attached hydrogen (secondary N) is 2. The lowest BCUT2D eigenvalue weighted by molar-refractivity contribution is -0.118. The molecule has 2 aromatic rings. The molecule has 10 heteroatoms. The Morgan fingerprint density at radius 3 is 2.52 bits per heavy atom. The van der Waals surface area contributed by atoms with Crippen LogP contribution in [0.2, 0.25) is 0 Å². The second-order valence-corrected chi connectivity index (χ2v) is 9.90. The molecule has 4 N–H and O–H groups in total. The van der Waals surface area contributed by atoms with Gasteiger partial charge in [0.2, 0.25) is 5.91 Å². The summed E-state index contributed by atoms with van der Waals surface area (Å²) in [6, 6.07) is 10.8. The van der Waals surface area contributed by atoms with Gasteiger partial charge in [-0.1, -0.05) is 18.2 Å². The van der Waals surface area contributed by atoms with Crippen LogP contribution < -0.4 is 21.1 Å². The number of benzene rings is 2. The van der Waals surface area contributed by atoms with Crippen molar-refractivity contribution in [1.29, 1.82) is 0 Å². The second kappa shape index (κ2) is 9.75. The molecule has 8 nitrogen and oxygen atoms in total. The van der Waals surface area contributed by atoms with Crippen molar-refractivity contribution in [1.82, 2.24) is 5.32 Å². The number of hydrogen-bond donors (Lipinski definition) is 3. The van der Waals surface area contributed by atoms with Crippen LogP contribution in [0.15, 0.2) is 51.3 Å². The van der Waals surface area contributed by atoms with E-state index in [1.807, 2.05) is 0 Å². The zero-order valence-corrected chi connectivity index (χ0v) is 18.7. The number of rotatable bonds is 7. The van der Waals surface area contributed by atoms with Crippen LogP contribution in [0, 0.1) is 0 Å². The fourth-order valence-corrected chi connectivity index (χ4v) is 3.76. The highest BCUT2D eigenvalue weighted by Crippen LogP contribution is 2.30. The number of primary amides is 1. The van der Waals surface area contributed by atoms with Gasteiger partial charge in [0.25, 0.3) is 0 Å². The van der Waals surface area contributed by atoms with Gasteiger partial charge < -0.3 is 21.1 Å². The Hall–Kier alpha value is -2.59. The lowest BCUT2D eigenvalue weighted by atomic mass is 10.0. The van der Waals surface area contributed by atoms with Crippen molar-refractivity contribution in [3.05, 3.63) is 52.5 Å². The molecule has 0 saturated carbocycles. The zero-order chi connectivity index (χ0) is 21.6. The van der Waals surface area contributed by atoms with E-state index in [4.69, 9.17) is 10.5 Å². The van der Waals surface area contributed by atoms with E-state index in [9.17, 15) is 13.8 Å². The Morgan fingerprint density at radius 2 is 1.93 bits per heavy atom. The molecule has 1 atom stereocenters. The number of hydrogen-bond acceptors (Lipinski definition) is 5. The summed E-state index contributed by atoms with van der Waals surface area (Å²) in [5.74, 6) is 0.0589. The topological polar surface area (TPSA) is 123 Å². The number of nitrogens with zero attached hydrogens (tertiary/aromatic N) is 1. The fraction of sp³-hybridized carbons (Fsp3) is 0.263. The number of ether oxygens (including phenoxy) is 1. The minimum atomic E-state index is -2.40. The van der Waals surface area contributed by atoms with E-state index in [1.165, 1.54) is 12.5 Å². The molecule has 0 aliphatic rings. The molecule has 0 radical (unpaired) electrons. The smallest absolute Gasteiger partial charge is 0.319 e. The quantitative estimate of drug-likeness (QED) is 0.557. The van der Waals surface area contributed by atoms with Gasteiger partial charge in [0, 0.05) is 22.2 Å². The number of methoxy groups -OCH3 is 1. The Morgan fingerprint density at radius 1 is 1.24 bits per heavy atom. The maximum absolute atomic E-state index is 12.6. The van der Waals surface area contributed by atoms with Crippen molar-refractivity contribution in [2.24, 2.45) is 10.1 Å². The van der Waals surface area contributed by atoms with Gasteiger partial charge >= 0.3 is 6.03 Å². The van der Waals surface area contributed by atoms with Crippen LogP contribution >= 0.6 is 15.9 Å². The molecule has 0 saturated heterocycles. The summed E-state index contributed by atoms with van der Waals surface area (Å²) in [6.45, 7) is 0. The minimum absolute atomic E-state index is 0.0874. The number of urea groups is 1. The first-order valence-electron chi connectivity index (χ1n) is 8.54. The van der Waals surface area contributed by atoms with Crippen molar-refractivity contribution in [3.8, 4) is 5.75 Å². The average Bonchev–Trinajstić information content (AvgIpc) is 2.61. The van der Waals surface area contributed by atoms with Gasteiger partial charge in [-0.05, 0) is 45.8 Å². The molecule has 2 rings (SSSR count). The van der Waals surface area contributed by atoms with Crippen LogP contribution in [-0.2, 0) is 14.5 Å². The predicted molar refractivity (Wildman–Crippen MR) is 118 cm³/mol. The number of carbonyl (C=O) groups excluding carboxylic acids is 2. The number of halogens is 1. The minimum Gasteiger partial charge on any atom is -0.496 e. The Labute approximate surface area is 178 Å². The summed E-state index contributed by atoms with van der Waals surface area (Å²) in [5, 5.41) is 5.43. The normalized spacial score (nSPS) is 12.0. The van der Waals surface area contributed by atoms with Crippen molar-refractivity contribution in [2.45, 2.75) is 12.5 Å². The van der Waals surface area contributed by atoms with E-state index in [-0.39, 0.29) is 6.42 Å². The van der Waals surface area contributed by atoms with Gasteiger partial charge in [0.1, 0.15) is 5.75 Å². The number of carbonyl (C=O) groups is 2. The molecule has 2 aromatic carbocycles. The molecule has 3 amide bonds. The maximum Gasteiger partial charge on any atom is 0.319 e. The number of anilines is 1. The zero-order valence-electron chi connectivity index (χ0n) is 16.3. The summed E-state index contributed by atoms with van der Waals surface area (Å²) >= 11 is 3.39. The lowest BCUT2D eigenvalue weighted by Crippen LogP contribution is -2.35. The van der Waals surface area contributed by atoms with Crippen molar-refractivity contribution in [3.63, 3.8) is 0 Å². The highest BCUT2D eigenvalue weighted by atomic mass is 79.9. The molecule has 0 bridgehead atoms.